The van der Waals surface area contributed by atoms with E-state index in [1.165, 1.54) is 12.8 Å². The fourth-order valence-corrected chi connectivity index (χ4v) is 4.03. The molecule has 0 N–H and O–H groups in total. The van der Waals surface area contributed by atoms with E-state index < -0.39 is 0 Å². The van der Waals surface area contributed by atoms with Gasteiger partial charge in [0.05, 0.1) is 17.3 Å². The molecule has 6 heteroatoms. The van der Waals surface area contributed by atoms with Gasteiger partial charge in [-0.15, -0.1) is 0 Å². The number of benzene rings is 1. The van der Waals surface area contributed by atoms with E-state index in [-0.39, 0.29) is 0 Å². The number of nitrogens with zero attached hydrogens (tertiary/aromatic N) is 5. The molecule has 4 rings (SSSR count). The minimum Gasteiger partial charge on any atom is -0.352 e. The van der Waals surface area contributed by atoms with Gasteiger partial charge in [0.1, 0.15) is 12.1 Å². The third-order valence-corrected chi connectivity index (χ3v) is 5.07. The normalized spacial score (nSPS) is 18.0. The molecule has 0 radical (unpaired) electrons. The van der Waals surface area contributed by atoms with Crippen molar-refractivity contribution in [1.29, 1.82) is 0 Å². The van der Waals surface area contributed by atoms with Gasteiger partial charge in [0.15, 0.2) is 5.65 Å². The number of thioether (sulfide) groups is 1. The average molecular weight is 325 g/mol. The van der Waals surface area contributed by atoms with Gasteiger partial charge >= 0.3 is 0 Å². The van der Waals surface area contributed by atoms with Gasteiger partial charge in [-0.05, 0) is 31.2 Å². The van der Waals surface area contributed by atoms with Crippen molar-refractivity contribution in [3.8, 4) is 5.69 Å². The third kappa shape index (κ3) is 2.57. The molecule has 3 aromatic rings. The number of fused-ring (bicyclic) bond motifs is 1. The molecule has 118 valence electrons. The van der Waals surface area contributed by atoms with E-state index in [1.807, 2.05) is 53.0 Å². The van der Waals surface area contributed by atoms with Crippen LogP contribution in [0.1, 0.15) is 12.8 Å². The van der Waals surface area contributed by atoms with Crippen molar-refractivity contribution in [3.63, 3.8) is 0 Å². The number of rotatable bonds is 4. The number of hydrogen-bond donors (Lipinski definition) is 0. The predicted molar refractivity (Wildman–Crippen MR) is 95.4 cm³/mol. The predicted octanol–water partition coefficient (Wildman–Crippen LogP) is 3.15. The lowest BCUT2D eigenvalue weighted by Crippen LogP contribution is -2.32. The first kappa shape index (κ1) is 14.5. The zero-order valence-electron chi connectivity index (χ0n) is 13.1. The minimum absolute atomic E-state index is 0.558. The Morgan fingerprint density at radius 2 is 2.09 bits per heavy atom. The van der Waals surface area contributed by atoms with Crippen LogP contribution in [0, 0.1) is 0 Å². The van der Waals surface area contributed by atoms with Crippen LogP contribution in [0.2, 0.25) is 0 Å². The monoisotopic (exact) mass is 325 g/mol. The molecule has 1 atom stereocenters. The van der Waals surface area contributed by atoms with E-state index >= 15 is 0 Å². The average Bonchev–Trinajstić information content (AvgIpc) is 3.22. The molecule has 0 aliphatic carbocycles. The highest BCUT2D eigenvalue weighted by molar-refractivity contribution is 7.98. The Balaban J connectivity index is 1.79. The Morgan fingerprint density at radius 3 is 2.91 bits per heavy atom. The standard InChI is InChI=1S/C17H19N5S/c1-23-11-14-8-5-9-21(14)16-15-10-20-22(17(15)19-12-18-16)13-6-3-2-4-7-13/h2-4,6-7,10,12,14H,5,8-9,11H2,1H3. The molecular weight excluding hydrogens is 306 g/mol. The van der Waals surface area contributed by atoms with E-state index in [0.717, 1.165) is 34.8 Å². The van der Waals surface area contributed by atoms with Crippen LogP contribution in [0.4, 0.5) is 5.82 Å². The van der Waals surface area contributed by atoms with Crippen molar-refractivity contribution in [1.82, 2.24) is 19.7 Å². The summed E-state index contributed by atoms with van der Waals surface area (Å²) in [6, 6.07) is 10.7. The van der Waals surface area contributed by atoms with Crippen LogP contribution >= 0.6 is 11.8 Å². The zero-order chi connectivity index (χ0) is 15.6. The Bertz CT molecular complexity index is 801. The lowest BCUT2D eigenvalue weighted by Gasteiger charge is -2.25. The van der Waals surface area contributed by atoms with Crippen LogP contribution in [0.15, 0.2) is 42.9 Å². The van der Waals surface area contributed by atoms with Gasteiger partial charge in [-0.3, -0.25) is 0 Å². The van der Waals surface area contributed by atoms with E-state index in [2.05, 4.69) is 26.2 Å². The molecule has 2 aromatic heterocycles. The maximum Gasteiger partial charge on any atom is 0.168 e. The van der Waals surface area contributed by atoms with Gasteiger partial charge in [0, 0.05) is 18.3 Å². The summed E-state index contributed by atoms with van der Waals surface area (Å²) in [4.78, 5) is 11.5. The van der Waals surface area contributed by atoms with Gasteiger partial charge in [-0.25, -0.2) is 14.6 Å². The number of para-hydroxylation sites is 1. The third-order valence-electron chi connectivity index (χ3n) is 4.35. The van der Waals surface area contributed by atoms with Gasteiger partial charge in [0.2, 0.25) is 0 Å². The molecule has 0 spiro atoms. The SMILES string of the molecule is CSCC1CCCN1c1ncnc2c1cnn2-c1ccccc1. The topological polar surface area (TPSA) is 46.8 Å². The number of aromatic nitrogens is 4. The number of hydrogen-bond acceptors (Lipinski definition) is 5. The van der Waals surface area contributed by atoms with Gasteiger partial charge in [0.25, 0.3) is 0 Å². The highest BCUT2D eigenvalue weighted by Crippen LogP contribution is 2.31. The molecule has 5 nitrogen and oxygen atoms in total. The smallest absolute Gasteiger partial charge is 0.168 e. The maximum absolute atomic E-state index is 4.58. The molecule has 1 fully saturated rings. The minimum atomic E-state index is 0.558. The summed E-state index contributed by atoms with van der Waals surface area (Å²) in [5.74, 6) is 2.16. The van der Waals surface area contributed by atoms with Crippen LogP contribution in [0.25, 0.3) is 16.7 Å². The summed E-state index contributed by atoms with van der Waals surface area (Å²) < 4.78 is 1.89. The summed E-state index contributed by atoms with van der Waals surface area (Å²) >= 11 is 1.90. The van der Waals surface area contributed by atoms with Gasteiger partial charge in [-0.2, -0.15) is 16.9 Å². The Morgan fingerprint density at radius 1 is 1.22 bits per heavy atom. The van der Waals surface area contributed by atoms with E-state index in [9.17, 15) is 0 Å². The van der Waals surface area contributed by atoms with Crippen LogP contribution < -0.4 is 4.90 Å². The molecular formula is C17H19N5S. The molecule has 1 aliphatic rings. The highest BCUT2D eigenvalue weighted by atomic mass is 32.2. The molecule has 0 amide bonds. The van der Waals surface area contributed by atoms with Gasteiger partial charge in [-0.1, -0.05) is 18.2 Å². The Hall–Kier alpha value is -2.08. The first-order chi connectivity index (χ1) is 11.4. The lowest BCUT2D eigenvalue weighted by atomic mass is 10.2. The van der Waals surface area contributed by atoms with Crippen LogP contribution in [-0.2, 0) is 0 Å². The second kappa shape index (κ2) is 6.20. The Labute approximate surface area is 139 Å². The fourth-order valence-electron chi connectivity index (χ4n) is 3.30. The summed E-state index contributed by atoms with van der Waals surface area (Å²) in [5.41, 5.74) is 1.89. The molecule has 1 aromatic carbocycles. The molecule has 0 saturated carbocycles. The van der Waals surface area contributed by atoms with E-state index in [4.69, 9.17) is 0 Å². The summed E-state index contributed by atoms with van der Waals surface area (Å²) in [6.07, 6.45) is 8.18. The molecule has 0 bridgehead atoms. The van der Waals surface area contributed by atoms with Crippen molar-refractivity contribution < 1.29 is 0 Å². The summed E-state index contributed by atoms with van der Waals surface area (Å²) in [5, 5.41) is 5.58. The van der Waals surface area contributed by atoms with Crippen LogP contribution in [0.5, 0.6) is 0 Å². The van der Waals surface area contributed by atoms with Crippen molar-refractivity contribution in [3.05, 3.63) is 42.9 Å². The second-order valence-corrected chi connectivity index (χ2v) is 6.68. The van der Waals surface area contributed by atoms with Crippen LogP contribution in [-0.4, -0.2) is 44.3 Å². The van der Waals surface area contributed by atoms with Crippen molar-refractivity contribution in [2.45, 2.75) is 18.9 Å². The van der Waals surface area contributed by atoms with Crippen LogP contribution in [0.3, 0.4) is 0 Å². The maximum atomic E-state index is 4.58. The highest BCUT2D eigenvalue weighted by Gasteiger charge is 2.27. The van der Waals surface area contributed by atoms with Gasteiger partial charge < -0.3 is 4.90 Å². The first-order valence-corrected chi connectivity index (χ1v) is 9.27. The van der Waals surface area contributed by atoms with Crippen molar-refractivity contribution in [2.75, 3.05) is 23.5 Å². The quantitative estimate of drug-likeness (QED) is 0.737. The summed E-state index contributed by atoms with van der Waals surface area (Å²) in [7, 11) is 0. The van der Waals surface area contributed by atoms with E-state index in [0.29, 0.717) is 6.04 Å². The molecule has 3 heterocycles. The summed E-state index contributed by atoms with van der Waals surface area (Å²) in [6.45, 7) is 1.06. The van der Waals surface area contributed by atoms with Crippen molar-refractivity contribution in [2.24, 2.45) is 0 Å². The first-order valence-electron chi connectivity index (χ1n) is 7.88. The van der Waals surface area contributed by atoms with Crippen molar-refractivity contribution >= 4 is 28.6 Å². The second-order valence-electron chi connectivity index (χ2n) is 5.77. The molecule has 23 heavy (non-hydrogen) atoms. The molecule has 1 aliphatic heterocycles. The Kier molecular flexibility index (Phi) is 3.91. The molecule has 1 unspecified atom stereocenters. The van der Waals surface area contributed by atoms with E-state index in [1.54, 1.807) is 6.33 Å². The number of anilines is 1. The zero-order valence-corrected chi connectivity index (χ0v) is 13.9. The largest absolute Gasteiger partial charge is 0.352 e. The lowest BCUT2D eigenvalue weighted by molar-refractivity contribution is 0.739. The fraction of sp³-hybridized carbons (Fsp3) is 0.353. The molecule has 1 saturated heterocycles.